The molecule has 0 saturated carbocycles. The van der Waals surface area contributed by atoms with Gasteiger partial charge in [-0.15, -0.1) is 0 Å². The van der Waals surface area contributed by atoms with Crippen molar-refractivity contribution >= 4 is 104 Å². The van der Waals surface area contributed by atoms with E-state index in [1.807, 2.05) is 0 Å². The van der Waals surface area contributed by atoms with Gasteiger partial charge in [0.1, 0.15) is 0 Å². The first-order valence-electron chi connectivity index (χ1n) is 14.0. The van der Waals surface area contributed by atoms with Crippen LogP contribution in [-0.4, -0.2) is 102 Å². The molecular formula is C22H64N16O6S6. The first kappa shape index (κ1) is 72.2. The van der Waals surface area contributed by atoms with Crippen molar-refractivity contribution in [2.24, 2.45) is 68.8 Å². The first-order valence-corrected chi connectivity index (χ1v) is 16.4. The van der Waals surface area contributed by atoms with E-state index in [1.54, 1.807) is 0 Å². The lowest BCUT2D eigenvalue weighted by Crippen LogP contribution is -2.47. The van der Waals surface area contributed by atoms with Gasteiger partial charge in [-0.3, -0.25) is 0 Å². The van der Waals surface area contributed by atoms with E-state index < -0.39 is 10.2 Å². The van der Waals surface area contributed by atoms with Crippen LogP contribution in [-0.2, 0) is 0 Å². The number of thiocarbonyl (C=S) groups is 6. The Labute approximate surface area is 328 Å². The van der Waals surface area contributed by atoms with Gasteiger partial charge < -0.3 is 108 Å². The quantitative estimate of drug-likeness (QED) is 0.0568. The van der Waals surface area contributed by atoms with Crippen molar-refractivity contribution in [2.45, 2.75) is 55.4 Å². The minimum Gasteiger partial charge on any atom is -0.377 e. The highest BCUT2D eigenvalue weighted by molar-refractivity contribution is 7.81. The minimum absolute atomic E-state index is 0.000000000000000222. The van der Waals surface area contributed by atoms with Crippen molar-refractivity contribution in [3.8, 4) is 0 Å². The number of hydrogen-bond acceptors (Lipinski definition) is 12. The summed E-state index contributed by atoms with van der Waals surface area (Å²) in [7, 11) is 0. The molecule has 0 radical (unpaired) electrons. The third-order valence-corrected chi connectivity index (χ3v) is 5.37. The van der Waals surface area contributed by atoms with Crippen LogP contribution < -0.4 is 68.8 Å². The first-order chi connectivity index (χ1) is 22.3. The Kier molecular flexibility index (Phi) is 79.3. The third kappa shape index (κ3) is 201. The summed E-state index contributed by atoms with van der Waals surface area (Å²) in [6.07, 6.45) is 0. The average molecular weight is 841 g/mol. The molecule has 0 aromatic carbocycles. The van der Waals surface area contributed by atoms with Crippen molar-refractivity contribution in [2.75, 3.05) is 52.4 Å². The molecule has 0 amide bonds. The molecule has 0 saturated heterocycles. The van der Waals surface area contributed by atoms with E-state index in [0.29, 0.717) is 0 Å². The summed E-state index contributed by atoms with van der Waals surface area (Å²) in [5.41, 5.74) is 55.4. The van der Waals surface area contributed by atoms with Crippen LogP contribution in [0.15, 0.2) is 0 Å². The molecule has 0 heterocycles. The van der Waals surface area contributed by atoms with Gasteiger partial charge in [-0.2, -0.15) is 0 Å². The van der Waals surface area contributed by atoms with Crippen LogP contribution in [0.5, 0.6) is 0 Å². The fourth-order valence-corrected chi connectivity index (χ4v) is 2.68. The maximum Gasteiger partial charge on any atom is 0.160 e. The summed E-state index contributed by atoms with van der Waals surface area (Å²) in [5.74, 6) is 0. The van der Waals surface area contributed by atoms with Gasteiger partial charge in [-0.25, -0.2) is 0 Å². The Morgan fingerprint density at radius 3 is 0.400 bits per heavy atom. The van der Waals surface area contributed by atoms with Crippen LogP contribution in [0.4, 0.5) is 0 Å². The van der Waals surface area contributed by atoms with Crippen LogP contribution in [0.2, 0.25) is 0 Å². The van der Waals surface area contributed by atoms with Gasteiger partial charge in [0.15, 0.2) is 30.7 Å². The molecule has 22 nitrogen and oxygen atoms in total. The lowest BCUT2D eigenvalue weighted by molar-refractivity contribution is -0.921. The van der Waals surface area contributed by atoms with E-state index in [2.05, 4.69) is 198 Å². The zero-order valence-corrected chi connectivity index (χ0v) is 35.2. The van der Waals surface area contributed by atoms with E-state index in [0.717, 1.165) is 0 Å². The van der Waals surface area contributed by atoms with Crippen molar-refractivity contribution in [3.63, 3.8) is 0 Å². The molecule has 0 unspecified atom stereocenters. The molecular weight excluding hydrogens is 777 g/mol. The topological polar surface area (TPSA) is 445 Å². The van der Waals surface area contributed by atoms with Gasteiger partial charge in [0.2, 0.25) is 0 Å². The summed E-state index contributed by atoms with van der Waals surface area (Å²) in [6.45, 7) is 28.4. The maximum absolute atomic E-state index is 8.25. The van der Waals surface area contributed by atoms with Crippen LogP contribution in [0.1, 0.15) is 55.4 Å². The van der Waals surface area contributed by atoms with E-state index >= 15 is 0 Å². The number of nitrogens with two attached hydrogens (primary N) is 12. The molecule has 24 N–H and O–H groups in total. The fourth-order valence-electron chi connectivity index (χ4n) is 2.68. The van der Waals surface area contributed by atoms with Gasteiger partial charge in [-0.1, -0.05) is 0 Å². The van der Waals surface area contributed by atoms with Crippen molar-refractivity contribution in [3.05, 3.63) is 30.6 Å². The third-order valence-electron chi connectivity index (χ3n) is 5.37. The molecule has 0 aliphatic rings. The molecule has 0 rings (SSSR count). The van der Waals surface area contributed by atoms with Gasteiger partial charge in [0, 0.05) is 0 Å². The highest BCUT2D eigenvalue weighted by atomic mass is 32.1. The smallest absolute Gasteiger partial charge is 0.160 e. The van der Waals surface area contributed by atoms with Gasteiger partial charge in [-0.05, 0) is 129 Å². The molecule has 0 aliphatic carbocycles. The molecule has 0 aromatic rings. The Bertz CT molecular complexity index is 642. The van der Waals surface area contributed by atoms with E-state index in [9.17, 15) is 0 Å². The lowest BCUT2D eigenvalue weighted by Gasteiger charge is -2.34. The number of quaternary nitrogens is 2. The Morgan fingerprint density at radius 1 is 0.360 bits per heavy atom. The second kappa shape index (κ2) is 54.9. The summed E-state index contributed by atoms with van der Waals surface area (Å²) in [4.78, 5) is 16.5. The summed E-state index contributed by atoms with van der Waals surface area (Å²) >= 11 is 24.6. The number of rotatable bonds is 8. The van der Waals surface area contributed by atoms with E-state index in [1.165, 1.54) is 61.3 Å². The summed E-state index contributed by atoms with van der Waals surface area (Å²) in [6, 6.07) is 0. The highest BCUT2D eigenvalue weighted by Crippen LogP contribution is 2.04. The largest absolute Gasteiger partial charge is 0.377 e. The normalized spacial score (nSPS) is 8.16. The minimum atomic E-state index is -1.75. The van der Waals surface area contributed by atoms with Crippen LogP contribution >= 0.6 is 73.3 Å². The second-order valence-electron chi connectivity index (χ2n) is 8.07. The van der Waals surface area contributed by atoms with Crippen molar-refractivity contribution in [1.29, 1.82) is 0 Å². The molecule has 0 bridgehead atoms. The van der Waals surface area contributed by atoms with Gasteiger partial charge >= 0.3 is 0 Å². The second-order valence-corrected chi connectivity index (χ2v) is 10.9. The van der Waals surface area contributed by atoms with Gasteiger partial charge in [0.05, 0.1) is 62.5 Å². The number of hydrogen-bond donors (Lipinski definition) is 12. The zero-order chi connectivity index (χ0) is 43.3. The molecule has 0 fully saturated rings. The van der Waals surface area contributed by atoms with E-state index in [-0.39, 0.29) is 30.7 Å². The van der Waals surface area contributed by atoms with E-state index in [4.69, 9.17) is 30.6 Å². The molecule has 0 atom stereocenters. The zero-order valence-electron chi connectivity index (χ0n) is 30.3. The maximum atomic E-state index is 8.25. The Balaban J connectivity index is -0.0000000456. The van der Waals surface area contributed by atoms with Crippen LogP contribution in [0.3, 0.4) is 0 Å². The monoisotopic (exact) mass is 840 g/mol. The molecule has 28 heteroatoms. The molecule has 0 aliphatic heterocycles. The Morgan fingerprint density at radius 2 is 0.400 bits per heavy atom. The van der Waals surface area contributed by atoms with Gasteiger partial charge in [0.25, 0.3) is 0 Å². The molecule has 50 heavy (non-hydrogen) atoms. The SMILES string of the molecule is CC[N+](CC)(CC)CC.CC[N+](CC)(CC)CC.NC(N)=S.NC(N)=S.NC(N)=S.NC(N)=S.NC(N)=S.NC(N)=S.O=[N+]([O-])[O-].O=[N+]([O-])[O-]. The van der Waals surface area contributed by atoms with Crippen LogP contribution in [0, 0.1) is 30.6 Å². The standard InChI is InChI=1S/2C8H20N.6CH4N2S.2NO3/c2*1-5-9(6-2,7-3)8-4;8*2-1(3)4/h2*5-8H2,1-4H3;6*(H4,2,3,4);;/q2*+1;;;;;;;2*-1. The van der Waals surface area contributed by atoms with Crippen molar-refractivity contribution < 1.29 is 19.1 Å². The highest BCUT2D eigenvalue weighted by Gasteiger charge is 2.16. The Hall–Kier alpha value is -3.54. The predicted molar refractivity (Wildman–Crippen MR) is 231 cm³/mol. The fraction of sp³-hybridized carbons (Fsp3) is 0.727. The number of nitrogens with zero attached hydrogens (tertiary/aromatic N) is 4. The average Bonchev–Trinajstić information content (AvgIpc) is 2.90. The molecule has 0 spiro atoms. The molecule has 304 valence electrons. The lowest BCUT2D eigenvalue weighted by atomic mass is 10.3. The predicted octanol–water partition coefficient (Wildman–Crippen LogP) is -1.58. The summed E-state index contributed by atoms with van der Waals surface area (Å²) in [5, 5.41) is 29.5. The summed E-state index contributed by atoms with van der Waals surface area (Å²) < 4.78 is 2.56. The van der Waals surface area contributed by atoms with Crippen molar-refractivity contribution in [1.82, 2.24) is 0 Å². The van der Waals surface area contributed by atoms with Crippen LogP contribution in [0.25, 0.3) is 0 Å². The molecule has 0 aromatic heterocycles.